The molecule has 0 saturated carbocycles. The molecule has 2 aromatic carbocycles. The molecule has 33 heavy (non-hydrogen) atoms. The van der Waals surface area contributed by atoms with Crippen LogP contribution >= 0.6 is 12.2 Å². The van der Waals surface area contributed by atoms with E-state index < -0.39 is 10.8 Å². The van der Waals surface area contributed by atoms with Gasteiger partial charge in [-0.3, -0.25) is 20.3 Å². The highest BCUT2D eigenvalue weighted by Crippen LogP contribution is 2.25. The van der Waals surface area contributed by atoms with Gasteiger partial charge in [-0.1, -0.05) is 11.3 Å². The highest BCUT2D eigenvalue weighted by molar-refractivity contribution is 7.80. The Bertz CT molecular complexity index is 1190. The van der Waals surface area contributed by atoms with Crippen LogP contribution in [0.2, 0.25) is 0 Å². The van der Waals surface area contributed by atoms with Gasteiger partial charge in [0.05, 0.1) is 28.6 Å². The smallest absolute Gasteiger partial charge is 0.274 e. The van der Waals surface area contributed by atoms with E-state index in [-0.39, 0.29) is 24.0 Å². The van der Waals surface area contributed by atoms with E-state index >= 15 is 0 Å². The fourth-order valence-corrected chi connectivity index (χ4v) is 2.81. The predicted molar refractivity (Wildman–Crippen MR) is 125 cm³/mol. The van der Waals surface area contributed by atoms with Gasteiger partial charge in [0, 0.05) is 6.07 Å². The fraction of sp³-hybridized carbons (Fsp3) is 0.150. The van der Waals surface area contributed by atoms with Crippen molar-refractivity contribution in [1.29, 1.82) is 0 Å². The normalized spacial score (nSPS) is 10.7. The minimum absolute atomic E-state index is 0.0652. The summed E-state index contributed by atoms with van der Waals surface area (Å²) in [4.78, 5) is 22.9. The van der Waals surface area contributed by atoms with Gasteiger partial charge in [-0.2, -0.15) is 5.10 Å². The molecule has 0 saturated heterocycles. The number of nitrogens with zero attached hydrogens (tertiary/aromatic N) is 5. The number of rotatable bonds is 9. The first kappa shape index (κ1) is 23.3. The number of anilines is 1. The first-order valence-corrected chi connectivity index (χ1v) is 9.97. The summed E-state index contributed by atoms with van der Waals surface area (Å²) >= 11 is 4.66. The number of benzene rings is 2. The van der Waals surface area contributed by atoms with Gasteiger partial charge in [0.2, 0.25) is 5.91 Å². The first-order valence-electron chi connectivity index (χ1n) is 9.56. The van der Waals surface area contributed by atoms with Crippen molar-refractivity contribution < 1.29 is 14.5 Å². The van der Waals surface area contributed by atoms with Gasteiger partial charge in [-0.15, -0.1) is 5.10 Å². The first-order chi connectivity index (χ1) is 15.8. The molecular weight excluding hydrogens is 448 g/mol. The fourth-order valence-electron chi connectivity index (χ4n) is 2.75. The SMILES string of the molecule is Cc1c(NC(=O)Cn2cc(COc3ccc(/C=N/NC(N)=S)cc3)nn2)cccc1[N+](=O)[O-]. The number of hydrogen-bond acceptors (Lipinski definition) is 8. The summed E-state index contributed by atoms with van der Waals surface area (Å²) in [5.74, 6) is 0.223. The van der Waals surface area contributed by atoms with Crippen LogP contribution in [0, 0.1) is 17.0 Å². The average Bonchev–Trinajstić information content (AvgIpc) is 3.21. The summed E-state index contributed by atoms with van der Waals surface area (Å²) in [5.41, 5.74) is 9.79. The quantitative estimate of drug-likeness (QED) is 0.184. The molecular formula is C20H20N8O4S. The van der Waals surface area contributed by atoms with Crippen LogP contribution < -0.4 is 21.2 Å². The number of carbonyl (C=O) groups is 1. The van der Waals surface area contributed by atoms with Gasteiger partial charge < -0.3 is 15.8 Å². The second-order valence-electron chi connectivity index (χ2n) is 6.75. The molecule has 1 aromatic heterocycles. The van der Waals surface area contributed by atoms with Crippen LogP contribution in [0.4, 0.5) is 11.4 Å². The number of amides is 1. The van der Waals surface area contributed by atoms with Gasteiger partial charge >= 0.3 is 0 Å². The average molecular weight is 468 g/mol. The summed E-state index contributed by atoms with van der Waals surface area (Å²) in [6, 6.07) is 11.6. The van der Waals surface area contributed by atoms with E-state index in [0.29, 0.717) is 22.7 Å². The maximum Gasteiger partial charge on any atom is 0.274 e. The Morgan fingerprint density at radius 3 is 2.79 bits per heavy atom. The molecule has 170 valence electrons. The molecule has 12 nitrogen and oxygen atoms in total. The van der Waals surface area contributed by atoms with Crippen LogP contribution in [0.25, 0.3) is 0 Å². The zero-order valence-electron chi connectivity index (χ0n) is 17.5. The standard InChI is InChI=1S/C20H20N8O4S/c1-13-17(3-2-4-18(13)28(30)31)23-19(29)11-27-10-15(24-26-27)12-32-16-7-5-14(6-8-16)9-22-25-20(21)33/h2-10H,11-12H2,1H3,(H,23,29)(H3,21,25,33)/b22-9+. The number of nitrogens with two attached hydrogens (primary N) is 1. The van der Waals surface area contributed by atoms with Gasteiger partial charge in [0.25, 0.3) is 5.69 Å². The van der Waals surface area contributed by atoms with Crippen LogP contribution in [0.5, 0.6) is 5.75 Å². The number of hydrazone groups is 1. The lowest BCUT2D eigenvalue weighted by Gasteiger charge is -2.08. The number of nitrogens with one attached hydrogen (secondary N) is 2. The van der Waals surface area contributed by atoms with Crippen LogP contribution in [-0.4, -0.2) is 37.2 Å². The molecule has 0 atom stereocenters. The van der Waals surface area contributed by atoms with Gasteiger partial charge in [-0.25, -0.2) is 4.68 Å². The maximum atomic E-state index is 12.3. The third kappa shape index (κ3) is 6.80. The Labute approximate surface area is 193 Å². The molecule has 0 spiro atoms. The molecule has 0 radical (unpaired) electrons. The van der Waals surface area contributed by atoms with Crippen molar-refractivity contribution in [2.24, 2.45) is 10.8 Å². The van der Waals surface area contributed by atoms with E-state index in [0.717, 1.165) is 5.56 Å². The minimum Gasteiger partial charge on any atom is -0.487 e. The molecule has 0 aliphatic heterocycles. The third-order valence-electron chi connectivity index (χ3n) is 4.32. The summed E-state index contributed by atoms with van der Waals surface area (Å²) < 4.78 is 7.03. The molecule has 3 aromatic rings. The molecule has 0 aliphatic rings. The Hall–Kier alpha value is -4.39. The highest BCUT2D eigenvalue weighted by Gasteiger charge is 2.15. The van der Waals surface area contributed by atoms with Gasteiger partial charge in [0.15, 0.2) is 5.11 Å². The number of carbonyl (C=O) groups excluding carboxylic acids is 1. The lowest BCUT2D eigenvalue weighted by molar-refractivity contribution is -0.385. The van der Waals surface area contributed by atoms with Crippen LogP contribution in [0.3, 0.4) is 0 Å². The van der Waals surface area contributed by atoms with Crippen LogP contribution in [0.1, 0.15) is 16.8 Å². The van der Waals surface area contributed by atoms with Crippen molar-refractivity contribution in [3.8, 4) is 5.75 Å². The van der Waals surface area contributed by atoms with E-state index in [2.05, 4.69) is 38.4 Å². The summed E-state index contributed by atoms with van der Waals surface area (Å²) in [5, 5.41) is 25.5. The highest BCUT2D eigenvalue weighted by atomic mass is 32.1. The van der Waals surface area contributed by atoms with E-state index in [1.165, 1.54) is 16.8 Å². The number of nitro benzene ring substituents is 1. The minimum atomic E-state index is -0.495. The number of aromatic nitrogens is 3. The van der Waals surface area contributed by atoms with Crippen molar-refractivity contribution in [2.75, 3.05) is 5.32 Å². The van der Waals surface area contributed by atoms with Gasteiger partial charge in [-0.05, 0) is 55.0 Å². The second-order valence-corrected chi connectivity index (χ2v) is 7.19. The largest absolute Gasteiger partial charge is 0.487 e. The second kappa shape index (κ2) is 10.8. The predicted octanol–water partition coefficient (Wildman–Crippen LogP) is 1.88. The Morgan fingerprint density at radius 2 is 2.09 bits per heavy atom. The van der Waals surface area contributed by atoms with Crippen molar-refractivity contribution >= 4 is 40.8 Å². The van der Waals surface area contributed by atoms with Crippen molar-refractivity contribution in [3.05, 3.63) is 75.6 Å². The lowest BCUT2D eigenvalue weighted by Crippen LogP contribution is -2.23. The maximum absolute atomic E-state index is 12.3. The zero-order valence-corrected chi connectivity index (χ0v) is 18.3. The molecule has 3 rings (SSSR count). The Kier molecular flexibility index (Phi) is 7.60. The Morgan fingerprint density at radius 1 is 1.33 bits per heavy atom. The van der Waals surface area contributed by atoms with Crippen molar-refractivity contribution in [1.82, 2.24) is 20.4 Å². The molecule has 1 amide bonds. The molecule has 0 bridgehead atoms. The number of hydrogen-bond donors (Lipinski definition) is 3. The van der Waals surface area contributed by atoms with E-state index in [1.54, 1.807) is 49.7 Å². The molecule has 1 heterocycles. The van der Waals surface area contributed by atoms with E-state index in [4.69, 9.17) is 10.5 Å². The molecule has 4 N–H and O–H groups in total. The third-order valence-corrected chi connectivity index (χ3v) is 4.41. The number of thiocarbonyl (C=S) groups is 1. The zero-order chi connectivity index (χ0) is 23.8. The number of ether oxygens (including phenoxy) is 1. The summed E-state index contributed by atoms with van der Waals surface area (Å²) in [6.07, 6.45) is 3.15. The van der Waals surface area contributed by atoms with Crippen molar-refractivity contribution in [3.63, 3.8) is 0 Å². The molecule has 0 aliphatic carbocycles. The van der Waals surface area contributed by atoms with E-state index in [9.17, 15) is 14.9 Å². The molecule has 13 heteroatoms. The Balaban J connectivity index is 1.51. The summed E-state index contributed by atoms with van der Waals surface area (Å²) in [6.45, 7) is 1.62. The topological polar surface area (TPSA) is 163 Å². The van der Waals surface area contributed by atoms with Crippen LogP contribution in [0.15, 0.2) is 53.8 Å². The molecule has 0 fully saturated rings. The molecule has 0 unspecified atom stereocenters. The monoisotopic (exact) mass is 468 g/mol. The van der Waals surface area contributed by atoms with Crippen LogP contribution in [-0.2, 0) is 17.9 Å². The van der Waals surface area contributed by atoms with Crippen molar-refractivity contribution in [2.45, 2.75) is 20.1 Å². The lowest BCUT2D eigenvalue weighted by atomic mass is 10.1. The van der Waals surface area contributed by atoms with E-state index in [1.807, 2.05) is 0 Å². The van der Waals surface area contributed by atoms with Gasteiger partial charge in [0.1, 0.15) is 24.6 Å². The summed E-state index contributed by atoms with van der Waals surface area (Å²) in [7, 11) is 0. The number of nitro groups is 1.